The van der Waals surface area contributed by atoms with Crippen molar-refractivity contribution < 1.29 is 4.74 Å². The number of aromatic nitrogens is 2. The fourth-order valence-corrected chi connectivity index (χ4v) is 2.59. The van der Waals surface area contributed by atoms with E-state index in [2.05, 4.69) is 33.9 Å². The number of methoxy groups -OCH3 is 1. The zero-order valence-electron chi connectivity index (χ0n) is 11.8. The van der Waals surface area contributed by atoms with E-state index < -0.39 is 0 Å². The number of piperidine rings is 1. The number of halogens is 1. The summed E-state index contributed by atoms with van der Waals surface area (Å²) in [5, 5.41) is 0.476. The van der Waals surface area contributed by atoms with Crippen molar-refractivity contribution in [1.82, 2.24) is 14.9 Å². The van der Waals surface area contributed by atoms with Crippen molar-refractivity contribution in [2.75, 3.05) is 39.2 Å². The molecule has 2 heterocycles. The smallest absolute Gasteiger partial charge is 0.158 e. The highest BCUT2D eigenvalue weighted by Crippen LogP contribution is 2.22. The Morgan fingerprint density at radius 1 is 1.47 bits per heavy atom. The summed E-state index contributed by atoms with van der Waals surface area (Å²) in [7, 11) is 5.88. The first kappa shape index (κ1) is 14.5. The normalized spacial score (nSPS) is 20.1. The predicted octanol–water partition coefficient (Wildman–Crippen LogP) is 1.81. The van der Waals surface area contributed by atoms with E-state index in [0.717, 1.165) is 18.9 Å². The van der Waals surface area contributed by atoms with Crippen LogP contribution in [0.3, 0.4) is 0 Å². The molecule has 1 aliphatic heterocycles. The van der Waals surface area contributed by atoms with Gasteiger partial charge in [-0.1, -0.05) is 11.6 Å². The van der Waals surface area contributed by atoms with Gasteiger partial charge in [-0.2, -0.15) is 0 Å². The fraction of sp³-hybridized carbons (Fsp3) is 0.692. The molecule has 0 bridgehead atoms. The molecule has 0 saturated carbocycles. The van der Waals surface area contributed by atoms with E-state index in [4.69, 9.17) is 16.3 Å². The van der Waals surface area contributed by atoms with E-state index in [9.17, 15) is 0 Å². The SMILES string of the molecule is COCc1nc(Cl)cc(N2CCCC(N(C)C)C2)n1. The van der Waals surface area contributed by atoms with Crippen molar-refractivity contribution in [3.8, 4) is 0 Å². The van der Waals surface area contributed by atoms with Gasteiger partial charge in [0.25, 0.3) is 0 Å². The summed E-state index contributed by atoms with van der Waals surface area (Å²) < 4.78 is 5.07. The topological polar surface area (TPSA) is 41.5 Å². The standard InChI is InChI=1S/C13H21ClN4O/c1-17(2)10-5-4-6-18(8-10)13-7-11(14)15-12(16-13)9-19-3/h7,10H,4-6,8-9H2,1-3H3. The molecule has 19 heavy (non-hydrogen) atoms. The number of nitrogens with zero attached hydrogens (tertiary/aromatic N) is 4. The Hall–Kier alpha value is -0.910. The minimum atomic E-state index is 0.387. The molecular formula is C13H21ClN4O. The van der Waals surface area contributed by atoms with Gasteiger partial charge >= 0.3 is 0 Å². The second-order valence-corrected chi connectivity index (χ2v) is 5.49. The highest BCUT2D eigenvalue weighted by atomic mass is 35.5. The van der Waals surface area contributed by atoms with Gasteiger partial charge in [-0.05, 0) is 26.9 Å². The second-order valence-electron chi connectivity index (χ2n) is 5.10. The van der Waals surface area contributed by atoms with Crippen LogP contribution in [-0.2, 0) is 11.3 Å². The van der Waals surface area contributed by atoms with Crippen LogP contribution >= 0.6 is 11.6 Å². The first-order valence-electron chi connectivity index (χ1n) is 6.54. The van der Waals surface area contributed by atoms with Crippen molar-refractivity contribution in [3.05, 3.63) is 17.0 Å². The lowest BCUT2D eigenvalue weighted by Gasteiger charge is -2.36. The van der Waals surface area contributed by atoms with Crippen LogP contribution in [0.25, 0.3) is 0 Å². The molecule has 1 aliphatic rings. The number of ether oxygens (including phenoxy) is 1. The van der Waals surface area contributed by atoms with E-state index in [1.165, 1.54) is 12.8 Å². The zero-order valence-corrected chi connectivity index (χ0v) is 12.5. The van der Waals surface area contributed by atoms with Crippen molar-refractivity contribution >= 4 is 17.4 Å². The fourth-order valence-electron chi connectivity index (χ4n) is 2.39. The van der Waals surface area contributed by atoms with Gasteiger partial charge in [0, 0.05) is 32.3 Å². The molecule has 6 heteroatoms. The van der Waals surface area contributed by atoms with Gasteiger partial charge in [0.05, 0.1) is 0 Å². The maximum atomic E-state index is 6.06. The summed E-state index contributed by atoms with van der Waals surface area (Å²) in [6.07, 6.45) is 2.40. The molecule has 0 aliphatic carbocycles. The number of hydrogen-bond donors (Lipinski definition) is 0. The molecule has 1 fully saturated rings. The molecule has 0 N–H and O–H groups in total. The third-order valence-electron chi connectivity index (χ3n) is 3.45. The van der Waals surface area contributed by atoms with Crippen LogP contribution in [0.15, 0.2) is 6.07 Å². The van der Waals surface area contributed by atoms with E-state index in [1.54, 1.807) is 7.11 Å². The Labute approximate surface area is 119 Å². The van der Waals surface area contributed by atoms with Crippen LogP contribution in [-0.4, -0.2) is 55.2 Å². The van der Waals surface area contributed by atoms with Gasteiger partial charge in [0.15, 0.2) is 5.82 Å². The second kappa shape index (κ2) is 6.50. The van der Waals surface area contributed by atoms with Crippen molar-refractivity contribution in [3.63, 3.8) is 0 Å². The van der Waals surface area contributed by atoms with E-state index in [1.807, 2.05) is 6.07 Å². The molecule has 1 atom stereocenters. The van der Waals surface area contributed by atoms with Crippen LogP contribution in [0.2, 0.25) is 5.15 Å². The lowest BCUT2D eigenvalue weighted by Crippen LogP contribution is -2.45. The minimum absolute atomic E-state index is 0.387. The van der Waals surface area contributed by atoms with E-state index in [-0.39, 0.29) is 0 Å². The molecule has 106 valence electrons. The molecule has 0 radical (unpaired) electrons. The van der Waals surface area contributed by atoms with Crippen molar-refractivity contribution in [2.24, 2.45) is 0 Å². The van der Waals surface area contributed by atoms with Gasteiger partial charge in [0.2, 0.25) is 0 Å². The maximum Gasteiger partial charge on any atom is 0.158 e. The summed E-state index contributed by atoms with van der Waals surface area (Å²) in [4.78, 5) is 13.2. The summed E-state index contributed by atoms with van der Waals surface area (Å²) in [6.45, 7) is 2.38. The predicted molar refractivity (Wildman–Crippen MR) is 76.7 cm³/mol. The average molecular weight is 285 g/mol. The van der Waals surface area contributed by atoms with Gasteiger partial charge in [-0.15, -0.1) is 0 Å². The van der Waals surface area contributed by atoms with Crippen LogP contribution in [0.4, 0.5) is 5.82 Å². The summed E-state index contributed by atoms with van der Waals surface area (Å²) in [5.41, 5.74) is 0. The first-order chi connectivity index (χ1) is 9.10. The third kappa shape index (κ3) is 3.78. The van der Waals surface area contributed by atoms with E-state index in [0.29, 0.717) is 23.6 Å². The van der Waals surface area contributed by atoms with Crippen LogP contribution in [0.5, 0.6) is 0 Å². The minimum Gasteiger partial charge on any atom is -0.377 e. The lowest BCUT2D eigenvalue weighted by molar-refractivity contribution is 0.177. The van der Waals surface area contributed by atoms with Gasteiger partial charge in [-0.25, -0.2) is 9.97 Å². The lowest BCUT2D eigenvalue weighted by atomic mass is 10.1. The Morgan fingerprint density at radius 3 is 2.95 bits per heavy atom. The molecule has 1 aromatic rings. The molecule has 0 amide bonds. The molecule has 5 nitrogen and oxygen atoms in total. The average Bonchev–Trinajstić information content (AvgIpc) is 2.38. The number of rotatable bonds is 4. The molecule has 0 spiro atoms. The molecule has 2 rings (SSSR count). The Morgan fingerprint density at radius 2 is 2.26 bits per heavy atom. The van der Waals surface area contributed by atoms with Gasteiger partial charge in [-0.3, -0.25) is 0 Å². The van der Waals surface area contributed by atoms with Crippen LogP contribution < -0.4 is 4.90 Å². The quantitative estimate of drug-likeness (QED) is 0.789. The Bertz CT molecular complexity index is 427. The molecule has 0 aromatic carbocycles. The van der Waals surface area contributed by atoms with Crippen LogP contribution in [0.1, 0.15) is 18.7 Å². The Balaban J connectivity index is 2.16. The summed E-state index contributed by atoms with van der Waals surface area (Å²) in [6, 6.07) is 2.40. The third-order valence-corrected chi connectivity index (χ3v) is 3.65. The monoisotopic (exact) mass is 284 g/mol. The van der Waals surface area contributed by atoms with Gasteiger partial charge < -0.3 is 14.5 Å². The zero-order chi connectivity index (χ0) is 13.8. The number of anilines is 1. The van der Waals surface area contributed by atoms with E-state index >= 15 is 0 Å². The largest absolute Gasteiger partial charge is 0.377 e. The Kier molecular flexibility index (Phi) is 4.96. The summed E-state index contributed by atoms with van der Waals surface area (Å²) >= 11 is 6.06. The molecule has 1 aromatic heterocycles. The van der Waals surface area contributed by atoms with Crippen LogP contribution in [0, 0.1) is 0 Å². The first-order valence-corrected chi connectivity index (χ1v) is 6.91. The molecule has 1 saturated heterocycles. The summed E-state index contributed by atoms with van der Waals surface area (Å²) in [5.74, 6) is 1.54. The highest BCUT2D eigenvalue weighted by Gasteiger charge is 2.22. The highest BCUT2D eigenvalue weighted by molar-refractivity contribution is 6.29. The number of hydrogen-bond acceptors (Lipinski definition) is 5. The number of likely N-dealkylation sites (N-methyl/N-ethyl adjacent to an activating group) is 1. The molecule has 1 unspecified atom stereocenters. The molecular weight excluding hydrogens is 264 g/mol. The van der Waals surface area contributed by atoms with Crippen molar-refractivity contribution in [1.29, 1.82) is 0 Å². The van der Waals surface area contributed by atoms with Crippen molar-refractivity contribution in [2.45, 2.75) is 25.5 Å². The van der Waals surface area contributed by atoms with Gasteiger partial charge in [0.1, 0.15) is 17.6 Å². The maximum absolute atomic E-state index is 6.06.